The summed E-state index contributed by atoms with van der Waals surface area (Å²) in [4.78, 5) is 17.7. The normalized spacial score (nSPS) is 17.3. The minimum Gasteiger partial charge on any atom is -0.497 e. The molecule has 0 spiro atoms. The average Bonchev–Trinajstić information content (AvgIpc) is 3.40. The van der Waals surface area contributed by atoms with Crippen molar-refractivity contribution in [2.75, 3.05) is 33.6 Å². The quantitative estimate of drug-likeness (QED) is 0.348. The van der Waals surface area contributed by atoms with Gasteiger partial charge in [0.2, 0.25) is 0 Å². The highest BCUT2D eigenvalue weighted by atomic mass is 79.9. The van der Waals surface area contributed by atoms with Crippen molar-refractivity contribution in [3.8, 4) is 17.2 Å². The summed E-state index contributed by atoms with van der Waals surface area (Å²) in [5.41, 5.74) is 6.02. The molecule has 188 valence electrons. The van der Waals surface area contributed by atoms with E-state index < -0.39 is 0 Å². The number of halogens is 1. The summed E-state index contributed by atoms with van der Waals surface area (Å²) in [6.07, 6.45) is 2.80. The molecule has 6 nitrogen and oxygen atoms in total. The molecular formula is C28H29BrN2O4S. The molecule has 1 unspecified atom stereocenters. The van der Waals surface area contributed by atoms with Crippen molar-refractivity contribution in [3.05, 3.63) is 75.5 Å². The number of thioether (sulfide) groups is 1. The van der Waals surface area contributed by atoms with Crippen LogP contribution in [-0.2, 0) is 13.5 Å². The van der Waals surface area contributed by atoms with E-state index in [1.54, 1.807) is 33.1 Å². The number of allylic oxidation sites excluding steroid dienone is 2. The third kappa shape index (κ3) is 4.10. The minimum absolute atomic E-state index is 0.00301. The van der Waals surface area contributed by atoms with E-state index in [-0.39, 0.29) is 5.91 Å². The summed E-state index contributed by atoms with van der Waals surface area (Å²) in [7, 11) is 6.92. The van der Waals surface area contributed by atoms with Gasteiger partial charge in [0.05, 0.1) is 26.9 Å². The van der Waals surface area contributed by atoms with Gasteiger partial charge >= 0.3 is 0 Å². The third-order valence-corrected chi connectivity index (χ3v) is 9.54. The van der Waals surface area contributed by atoms with E-state index in [0.29, 0.717) is 34.9 Å². The van der Waals surface area contributed by atoms with Crippen molar-refractivity contribution in [3.63, 3.8) is 0 Å². The molecule has 0 radical (unpaired) electrons. The van der Waals surface area contributed by atoms with E-state index in [1.165, 1.54) is 10.5 Å². The Hall–Kier alpha value is -2.84. The fourth-order valence-electron chi connectivity index (χ4n) is 5.01. The second kappa shape index (κ2) is 9.90. The van der Waals surface area contributed by atoms with Gasteiger partial charge in [0.25, 0.3) is 5.91 Å². The lowest BCUT2D eigenvalue weighted by Crippen LogP contribution is -2.35. The first-order valence-corrected chi connectivity index (χ1v) is 13.6. The molecule has 0 saturated carbocycles. The third-order valence-electron chi connectivity index (χ3n) is 7.03. The van der Waals surface area contributed by atoms with Crippen LogP contribution < -0.4 is 14.2 Å². The lowest BCUT2D eigenvalue weighted by molar-refractivity contribution is 0.0815. The summed E-state index contributed by atoms with van der Waals surface area (Å²) in [6.45, 7) is 2.54. The van der Waals surface area contributed by atoms with Crippen LogP contribution in [0.25, 0.3) is 10.9 Å². The smallest absolute Gasteiger partial charge is 0.260 e. The van der Waals surface area contributed by atoms with Gasteiger partial charge in [-0.2, -0.15) is 0 Å². The molecule has 0 aliphatic carbocycles. The Balaban J connectivity index is 1.60. The second-order valence-corrected chi connectivity index (χ2v) is 11.0. The molecule has 0 N–H and O–H groups in total. The topological polar surface area (TPSA) is 52.9 Å². The molecule has 2 aliphatic rings. The Morgan fingerprint density at radius 3 is 2.58 bits per heavy atom. The van der Waals surface area contributed by atoms with E-state index in [1.807, 2.05) is 55.3 Å². The molecule has 5 rings (SSSR count). The maximum Gasteiger partial charge on any atom is 0.260 e. The molecular weight excluding hydrogens is 540 g/mol. The monoisotopic (exact) mass is 568 g/mol. The van der Waals surface area contributed by atoms with Gasteiger partial charge in [-0.25, -0.2) is 0 Å². The molecule has 0 bridgehead atoms. The number of hydrogen-bond acceptors (Lipinski definition) is 5. The maximum atomic E-state index is 14.3. The maximum absolute atomic E-state index is 14.3. The highest BCUT2D eigenvalue weighted by Crippen LogP contribution is 2.46. The van der Waals surface area contributed by atoms with E-state index in [0.717, 1.165) is 39.4 Å². The van der Waals surface area contributed by atoms with Crippen LogP contribution in [0.2, 0.25) is 0 Å². The molecule has 1 aromatic heterocycles. The zero-order valence-electron chi connectivity index (χ0n) is 21.1. The number of ether oxygens (including phenoxy) is 3. The number of aromatic nitrogens is 1. The summed E-state index contributed by atoms with van der Waals surface area (Å²) < 4.78 is 18.5. The van der Waals surface area contributed by atoms with Crippen molar-refractivity contribution < 1.29 is 19.0 Å². The van der Waals surface area contributed by atoms with Gasteiger partial charge in [-0.05, 0) is 48.4 Å². The summed E-state index contributed by atoms with van der Waals surface area (Å²) in [5.74, 6) is 3.05. The summed E-state index contributed by atoms with van der Waals surface area (Å²) >= 11 is 5.62. The molecule has 1 fully saturated rings. The number of benzene rings is 2. The number of rotatable bonds is 6. The summed E-state index contributed by atoms with van der Waals surface area (Å²) in [5, 5.41) is 0.905. The van der Waals surface area contributed by atoms with Crippen molar-refractivity contribution >= 4 is 44.5 Å². The van der Waals surface area contributed by atoms with E-state index in [9.17, 15) is 4.79 Å². The van der Waals surface area contributed by atoms with Crippen LogP contribution in [0.5, 0.6) is 17.2 Å². The van der Waals surface area contributed by atoms with Crippen LogP contribution in [-0.4, -0.2) is 53.8 Å². The number of alkyl halides is 1. The molecule has 3 heterocycles. The van der Waals surface area contributed by atoms with E-state index in [4.69, 9.17) is 14.2 Å². The van der Waals surface area contributed by atoms with Crippen molar-refractivity contribution in [2.45, 2.75) is 18.2 Å². The second-order valence-electron chi connectivity index (χ2n) is 8.90. The first-order valence-electron chi connectivity index (χ1n) is 11.7. The number of nitrogens with zero attached hydrogens (tertiary/aromatic N) is 2. The fraction of sp³-hybridized carbons (Fsp3) is 0.321. The fourth-order valence-corrected chi connectivity index (χ4v) is 7.21. The predicted octanol–water partition coefficient (Wildman–Crippen LogP) is 5.86. The number of hydrogen-bond donors (Lipinski definition) is 0. The van der Waals surface area contributed by atoms with Crippen LogP contribution in [0.15, 0.2) is 58.6 Å². The van der Waals surface area contributed by atoms with E-state index >= 15 is 0 Å². The molecule has 1 atom stereocenters. The highest BCUT2D eigenvalue weighted by Gasteiger charge is 2.35. The highest BCUT2D eigenvalue weighted by molar-refractivity contribution is 9.09. The van der Waals surface area contributed by atoms with Crippen LogP contribution in [0.3, 0.4) is 0 Å². The van der Waals surface area contributed by atoms with Gasteiger partial charge in [0.15, 0.2) is 11.5 Å². The van der Waals surface area contributed by atoms with Crippen LogP contribution >= 0.6 is 27.7 Å². The van der Waals surface area contributed by atoms with Gasteiger partial charge in [0.1, 0.15) is 5.75 Å². The molecule has 2 aromatic carbocycles. The standard InChI is InChI=1S/C28H29BrN2O4S/c1-16-26(20-14-18(33-3)7-8-22(20)30(16)2)28(32)31-11-10-19-21(29)15-36-27(19)23(31)12-17-6-9-24(34-4)25(13-17)35-5/h6-10,13-14,21H,11-12,15H2,1-5H3. The zero-order valence-corrected chi connectivity index (χ0v) is 23.5. The van der Waals surface area contributed by atoms with Gasteiger partial charge in [-0.1, -0.05) is 28.1 Å². The molecule has 1 saturated heterocycles. The summed E-state index contributed by atoms with van der Waals surface area (Å²) in [6, 6.07) is 11.8. The van der Waals surface area contributed by atoms with Gasteiger partial charge in [-0.15, -0.1) is 11.8 Å². The van der Waals surface area contributed by atoms with Crippen molar-refractivity contribution in [1.29, 1.82) is 0 Å². The predicted molar refractivity (Wildman–Crippen MR) is 149 cm³/mol. The Labute approximate surface area is 224 Å². The lowest BCUT2D eigenvalue weighted by atomic mass is 10.00. The largest absolute Gasteiger partial charge is 0.497 e. The molecule has 8 heteroatoms. The van der Waals surface area contributed by atoms with Gasteiger partial charge in [0, 0.05) is 57.8 Å². The Bertz CT molecular complexity index is 1420. The number of carbonyl (C=O) groups excluding carboxylic acids is 1. The zero-order chi connectivity index (χ0) is 25.6. The number of aryl methyl sites for hydroxylation is 1. The first kappa shape index (κ1) is 24.8. The first-order chi connectivity index (χ1) is 17.4. The minimum atomic E-state index is 0.00301. The molecule has 1 amide bonds. The van der Waals surface area contributed by atoms with Gasteiger partial charge < -0.3 is 23.7 Å². The van der Waals surface area contributed by atoms with Gasteiger partial charge in [-0.3, -0.25) is 4.79 Å². The van der Waals surface area contributed by atoms with Crippen LogP contribution in [0, 0.1) is 6.92 Å². The number of amides is 1. The van der Waals surface area contributed by atoms with Crippen molar-refractivity contribution in [2.24, 2.45) is 7.05 Å². The Morgan fingerprint density at radius 1 is 1.08 bits per heavy atom. The number of carbonyl (C=O) groups is 1. The SMILES string of the molecule is COc1ccc2c(c1)c(C(=O)N1CC=C3C(=C1Cc1ccc(OC)c(OC)c1)SCC3Br)c(C)n2C. The van der Waals surface area contributed by atoms with E-state index in [2.05, 4.69) is 26.6 Å². The lowest BCUT2D eigenvalue weighted by Gasteiger charge is -2.31. The Morgan fingerprint density at radius 2 is 1.86 bits per heavy atom. The molecule has 36 heavy (non-hydrogen) atoms. The Kier molecular flexibility index (Phi) is 6.83. The number of fused-ring (bicyclic) bond motifs is 2. The molecule has 3 aromatic rings. The van der Waals surface area contributed by atoms with Crippen molar-refractivity contribution in [1.82, 2.24) is 9.47 Å². The van der Waals surface area contributed by atoms with Crippen LogP contribution in [0.4, 0.5) is 0 Å². The number of methoxy groups -OCH3 is 3. The molecule has 2 aliphatic heterocycles. The van der Waals surface area contributed by atoms with Crippen LogP contribution in [0.1, 0.15) is 21.6 Å². The average molecular weight is 570 g/mol.